The van der Waals surface area contributed by atoms with Crippen molar-refractivity contribution in [3.63, 3.8) is 0 Å². The molecule has 1 aliphatic rings. The predicted octanol–water partition coefficient (Wildman–Crippen LogP) is 4.30. The summed E-state index contributed by atoms with van der Waals surface area (Å²) >= 11 is 1.44. The Hall–Kier alpha value is -2.65. The number of hydrogen-bond donors (Lipinski definition) is 1. The molecule has 0 aliphatic carbocycles. The second-order valence-corrected chi connectivity index (χ2v) is 10.6. The highest BCUT2D eigenvalue weighted by molar-refractivity contribution is 7.92. The molecule has 1 aliphatic heterocycles. The van der Waals surface area contributed by atoms with Crippen LogP contribution >= 0.6 is 11.3 Å². The predicted molar refractivity (Wildman–Crippen MR) is 127 cm³/mol. The van der Waals surface area contributed by atoms with Crippen LogP contribution in [0.5, 0.6) is 0 Å². The van der Waals surface area contributed by atoms with Gasteiger partial charge in [-0.2, -0.15) is 0 Å². The van der Waals surface area contributed by atoms with Crippen molar-refractivity contribution in [2.45, 2.75) is 51.0 Å². The molecule has 1 saturated heterocycles. The number of piperidine rings is 1. The van der Waals surface area contributed by atoms with Crippen molar-refractivity contribution in [3.8, 4) is 10.7 Å². The van der Waals surface area contributed by atoms with Crippen LogP contribution in [0, 0.1) is 6.92 Å². The lowest BCUT2D eigenvalue weighted by Crippen LogP contribution is -2.37. The third-order valence-electron chi connectivity index (χ3n) is 5.62. The van der Waals surface area contributed by atoms with Crippen molar-refractivity contribution in [2.24, 2.45) is 0 Å². The van der Waals surface area contributed by atoms with E-state index >= 15 is 0 Å². The zero-order valence-electron chi connectivity index (χ0n) is 18.4. The van der Waals surface area contributed by atoms with Crippen LogP contribution in [0.15, 0.2) is 46.8 Å². The average molecular weight is 473 g/mol. The molecule has 7 nitrogen and oxygen atoms in total. The molecule has 2 aromatic heterocycles. The summed E-state index contributed by atoms with van der Waals surface area (Å²) in [6, 6.07) is 8.97. The maximum atomic E-state index is 13.2. The minimum atomic E-state index is -3.82. The average Bonchev–Trinajstić information content (AvgIpc) is 3.40. The number of hydrogen-bond acceptors (Lipinski definition) is 5. The fourth-order valence-electron chi connectivity index (χ4n) is 3.87. The molecule has 4 rings (SSSR count). The molecule has 32 heavy (non-hydrogen) atoms. The number of rotatable bonds is 7. The number of benzene rings is 1. The van der Waals surface area contributed by atoms with Crippen LogP contribution in [0.25, 0.3) is 10.7 Å². The number of aromatic nitrogens is 2. The summed E-state index contributed by atoms with van der Waals surface area (Å²) in [5, 5.41) is 2.62. The van der Waals surface area contributed by atoms with Gasteiger partial charge in [-0.15, -0.1) is 11.3 Å². The number of nitrogens with zero attached hydrogens (tertiary/aromatic N) is 3. The third-order valence-corrected chi connectivity index (χ3v) is 7.95. The quantitative estimate of drug-likeness (QED) is 0.556. The van der Waals surface area contributed by atoms with Gasteiger partial charge in [0.25, 0.3) is 10.0 Å². The van der Waals surface area contributed by atoms with Crippen molar-refractivity contribution in [3.05, 3.63) is 53.2 Å². The van der Waals surface area contributed by atoms with Crippen LogP contribution in [0.2, 0.25) is 0 Å². The molecule has 0 spiro atoms. The minimum absolute atomic E-state index is 0.00221. The van der Waals surface area contributed by atoms with E-state index < -0.39 is 10.0 Å². The summed E-state index contributed by atoms with van der Waals surface area (Å²) in [5.74, 6) is 0.00221. The second kappa shape index (κ2) is 9.46. The monoisotopic (exact) mass is 472 g/mol. The Labute approximate surface area is 193 Å². The molecule has 1 fully saturated rings. The van der Waals surface area contributed by atoms with E-state index in [9.17, 15) is 13.2 Å². The van der Waals surface area contributed by atoms with E-state index in [1.54, 1.807) is 22.9 Å². The van der Waals surface area contributed by atoms with Gasteiger partial charge in [-0.05, 0) is 56.4 Å². The molecular formula is C23H28N4O3S2. The van der Waals surface area contributed by atoms with Crippen molar-refractivity contribution in [1.29, 1.82) is 0 Å². The highest BCUT2D eigenvalue weighted by atomic mass is 32.2. The van der Waals surface area contributed by atoms with Gasteiger partial charge in [0, 0.05) is 36.0 Å². The Morgan fingerprint density at radius 1 is 1.19 bits per heavy atom. The van der Waals surface area contributed by atoms with Gasteiger partial charge in [-0.1, -0.05) is 19.1 Å². The zero-order chi connectivity index (χ0) is 22.7. The Balaban J connectivity index is 1.65. The smallest absolute Gasteiger partial charge is 0.263 e. The van der Waals surface area contributed by atoms with E-state index in [0.717, 1.165) is 50.0 Å². The fraction of sp³-hybridized carbons (Fsp3) is 0.391. The summed E-state index contributed by atoms with van der Waals surface area (Å²) < 4.78 is 30.7. The van der Waals surface area contributed by atoms with E-state index in [2.05, 4.69) is 9.71 Å². The maximum absolute atomic E-state index is 13.2. The molecule has 1 N–H and O–H groups in total. The van der Waals surface area contributed by atoms with E-state index in [0.29, 0.717) is 16.4 Å². The van der Waals surface area contributed by atoms with Crippen LogP contribution in [-0.4, -0.2) is 41.9 Å². The number of aryl methyl sites for hydroxylation is 2. The van der Waals surface area contributed by atoms with Gasteiger partial charge in [-0.25, -0.2) is 13.4 Å². The first-order chi connectivity index (χ1) is 15.4. The van der Waals surface area contributed by atoms with Crippen molar-refractivity contribution < 1.29 is 13.2 Å². The molecule has 0 bridgehead atoms. The van der Waals surface area contributed by atoms with E-state index in [-0.39, 0.29) is 17.3 Å². The SMILES string of the molecule is CCc1cccc(NS(=O)(=O)c2cc(-c3nc(C)cs3)n(CC(=O)N3CCCCC3)c2)c1. The van der Waals surface area contributed by atoms with E-state index in [1.165, 1.54) is 11.3 Å². The Bertz CT molecular complexity index is 1210. The lowest BCUT2D eigenvalue weighted by molar-refractivity contribution is -0.132. The number of sulfonamides is 1. The summed E-state index contributed by atoms with van der Waals surface area (Å²) in [5.41, 5.74) is 3.07. The number of nitrogens with one attached hydrogen (secondary N) is 1. The summed E-state index contributed by atoms with van der Waals surface area (Å²) in [6.07, 6.45) is 5.52. The van der Waals surface area contributed by atoms with Crippen LogP contribution in [0.4, 0.5) is 5.69 Å². The summed E-state index contributed by atoms with van der Waals surface area (Å²) in [7, 11) is -3.82. The second-order valence-electron chi connectivity index (χ2n) is 8.08. The zero-order valence-corrected chi connectivity index (χ0v) is 20.0. The first kappa shape index (κ1) is 22.5. The van der Waals surface area contributed by atoms with E-state index in [1.807, 2.05) is 42.3 Å². The summed E-state index contributed by atoms with van der Waals surface area (Å²) in [4.78, 5) is 19.4. The first-order valence-electron chi connectivity index (χ1n) is 10.9. The lowest BCUT2D eigenvalue weighted by atomic mass is 10.1. The summed E-state index contributed by atoms with van der Waals surface area (Å²) in [6.45, 7) is 5.52. The molecule has 9 heteroatoms. The largest absolute Gasteiger partial charge is 0.341 e. The molecule has 0 radical (unpaired) electrons. The van der Waals surface area contributed by atoms with Crippen LogP contribution in [0.1, 0.15) is 37.4 Å². The molecule has 1 aromatic carbocycles. The number of carbonyl (C=O) groups is 1. The maximum Gasteiger partial charge on any atom is 0.263 e. The molecule has 3 aromatic rings. The Morgan fingerprint density at radius 2 is 1.97 bits per heavy atom. The number of anilines is 1. The number of carbonyl (C=O) groups excluding carboxylic acids is 1. The first-order valence-corrected chi connectivity index (χ1v) is 13.2. The van der Waals surface area contributed by atoms with Crippen LogP contribution < -0.4 is 4.72 Å². The van der Waals surface area contributed by atoms with Gasteiger partial charge >= 0.3 is 0 Å². The lowest BCUT2D eigenvalue weighted by Gasteiger charge is -2.27. The van der Waals surface area contributed by atoms with Gasteiger partial charge in [0.05, 0.1) is 5.69 Å². The molecule has 0 unspecified atom stereocenters. The Morgan fingerprint density at radius 3 is 2.66 bits per heavy atom. The van der Waals surface area contributed by atoms with Crippen molar-refractivity contribution >= 4 is 33.0 Å². The Kier molecular flexibility index (Phi) is 6.66. The van der Waals surface area contributed by atoms with E-state index in [4.69, 9.17) is 0 Å². The third kappa shape index (κ3) is 5.05. The molecule has 3 heterocycles. The standard InChI is InChI=1S/C23H28N4O3S2/c1-3-18-8-7-9-19(12-18)25-32(29,30)20-13-21(23-24-17(2)16-31-23)27(14-20)15-22(28)26-10-5-4-6-11-26/h7-9,12-14,16,25H,3-6,10-11,15H2,1-2H3. The van der Waals surface area contributed by atoms with Gasteiger partial charge in [-0.3, -0.25) is 9.52 Å². The fourth-order valence-corrected chi connectivity index (χ4v) is 5.79. The van der Waals surface area contributed by atoms with Crippen molar-refractivity contribution in [2.75, 3.05) is 17.8 Å². The highest BCUT2D eigenvalue weighted by Crippen LogP contribution is 2.29. The minimum Gasteiger partial charge on any atom is -0.341 e. The van der Waals surface area contributed by atoms with Gasteiger partial charge in [0.1, 0.15) is 16.4 Å². The molecule has 0 saturated carbocycles. The number of thiazole rings is 1. The normalized spacial score (nSPS) is 14.5. The van der Waals surface area contributed by atoms with Crippen LogP contribution in [-0.2, 0) is 27.8 Å². The molecule has 0 atom stereocenters. The highest BCUT2D eigenvalue weighted by Gasteiger charge is 2.24. The molecular weight excluding hydrogens is 444 g/mol. The van der Waals surface area contributed by atoms with Gasteiger partial charge in [0.2, 0.25) is 5.91 Å². The topological polar surface area (TPSA) is 84.3 Å². The van der Waals surface area contributed by atoms with Gasteiger partial charge in [0.15, 0.2) is 0 Å². The number of likely N-dealkylation sites (tertiary alicyclic amines) is 1. The van der Waals surface area contributed by atoms with Crippen molar-refractivity contribution in [1.82, 2.24) is 14.5 Å². The van der Waals surface area contributed by atoms with Crippen LogP contribution in [0.3, 0.4) is 0 Å². The molecule has 170 valence electrons. The number of amides is 1. The molecule has 1 amide bonds. The van der Waals surface area contributed by atoms with Gasteiger partial charge < -0.3 is 9.47 Å².